The highest BCUT2D eigenvalue weighted by molar-refractivity contribution is 8.13. The van der Waals surface area contributed by atoms with Gasteiger partial charge in [0.05, 0.1) is 5.04 Å². The summed E-state index contributed by atoms with van der Waals surface area (Å²) in [5, 5.41) is 1.06. The second-order valence-corrected chi connectivity index (χ2v) is 9.74. The van der Waals surface area contributed by atoms with Gasteiger partial charge in [0.2, 0.25) is 0 Å². The minimum Gasteiger partial charge on any atom is -0.295 e. The van der Waals surface area contributed by atoms with Crippen molar-refractivity contribution in [2.24, 2.45) is 10.9 Å². The van der Waals surface area contributed by atoms with Crippen LogP contribution in [0.2, 0.25) is 0 Å². The van der Waals surface area contributed by atoms with E-state index in [-0.39, 0.29) is 5.78 Å². The Balaban J connectivity index is 0. The van der Waals surface area contributed by atoms with Crippen LogP contribution in [-0.2, 0) is 6.42 Å². The van der Waals surface area contributed by atoms with Crippen molar-refractivity contribution in [3.63, 3.8) is 0 Å². The molecule has 3 heteroatoms. The average molecular weight is 484 g/mol. The normalized spacial score (nSPS) is 10.1. The number of nitrogens with zero attached hydrogens (tertiary/aromatic N) is 1. The van der Waals surface area contributed by atoms with Gasteiger partial charge < -0.3 is 0 Å². The average Bonchev–Trinajstić information content (AvgIpc) is 2.81. The maximum absolute atomic E-state index is 10.9. The molecule has 0 saturated heterocycles. The molecule has 0 aliphatic heterocycles. The summed E-state index contributed by atoms with van der Waals surface area (Å²) in [6.07, 6.45) is 6.80. The summed E-state index contributed by atoms with van der Waals surface area (Å²) >= 11 is 1.66. The number of aliphatic imine (C=N–C) groups is 1. The lowest BCUT2D eigenvalue weighted by molar-refractivity contribution is 0.101. The van der Waals surface area contributed by atoms with E-state index in [9.17, 15) is 4.79 Å². The summed E-state index contributed by atoms with van der Waals surface area (Å²) in [5.74, 6) is 1.02. The van der Waals surface area contributed by atoms with Gasteiger partial charge in [-0.05, 0) is 51.0 Å². The quantitative estimate of drug-likeness (QED) is 0.232. The third kappa shape index (κ3) is 19.3. The standard InChI is InChI=1S/C13H17NS.C9H10O.C5H12.C4H10/c1-10-5-7-13(8-6-10)9-11(2)14-12(3)15-4;1-7-5-3-4-6-9(7)8(2)10;1-4-5(2)3;1-3-4-2/h5-8H,2,9H2,1,3-4H3;3-6H,1-2H3;5H,4H2,1-3H3;3-4H2,1-2H3. The predicted molar refractivity (Wildman–Crippen MR) is 158 cm³/mol. The SMILES string of the molecule is C=C(Cc1ccc(C)cc1)N=C(C)SC.CC(=O)c1ccccc1C.CCC(C)C.CCCC. The molecule has 0 aliphatic rings. The number of hydrogen-bond donors (Lipinski definition) is 0. The molecule has 0 N–H and O–H groups in total. The van der Waals surface area contributed by atoms with E-state index >= 15 is 0 Å². The van der Waals surface area contributed by atoms with Crippen LogP contribution in [0.3, 0.4) is 0 Å². The Morgan fingerprint density at radius 3 is 1.79 bits per heavy atom. The molecular formula is C31H49NOS. The van der Waals surface area contributed by atoms with Crippen LogP contribution in [0.4, 0.5) is 0 Å². The molecule has 0 aliphatic carbocycles. The number of allylic oxidation sites excluding steroid dienone is 1. The van der Waals surface area contributed by atoms with E-state index in [1.54, 1.807) is 18.7 Å². The molecule has 2 aromatic carbocycles. The predicted octanol–water partition coefficient (Wildman–Crippen LogP) is 9.89. The number of unbranched alkanes of at least 4 members (excludes halogenated alkanes) is 1. The van der Waals surface area contributed by atoms with E-state index in [2.05, 4.69) is 77.4 Å². The number of rotatable bonds is 6. The fraction of sp³-hybridized carbons (Fsp3) is 0.484. The highest BCUT2D eigenvalue weighted by Gasteiger charge is 1.99. The molecule has 0 aromatic heterocycles. The maximum Gasteiger partial charge on any atom is 0.160 e. The molecule has 0 saturated carbocycles. The van der Waals surface area contributed by atoms with Crippen molar-refractivity contribution in [1.82, 2.24) is 0 Å². The van der Waals surface area contributed by atoms with Gasteiger partial charge in [0.25, 0.3) is 0 Å². The first-order chi connectivity index (χ1) is 16.0. The molecule has 0 atom stereocenters. The third-order valence-corrected chi connectivity index (χ3v) is 5.66. The summed E-state index contributed by atoms with van der Waals surface area (Å²) < 4.78 is 0. The number of carbonyl (C=O) groups is 1. The van der Waals surface area contributed by atoms with Crippen LogP contribution < -0.4 is 0 Å². The Morgan fingerprint density at radius 2 is 1.44 bits per heavy atom. The largest absolute Gasteiger partial charge is 0.295 e. The van der Waals surface area contributed by atoms with E-state index in [0.29, 0.717) is 0 Å². The van der Waals surface area contributed by atoms with Gasteiger partial charge in [-0.2, -0.15) is 0 Å². The molecule has 34 heavy (non-hydrogen) atoms. The lowest BCUT2D eigenvalue weighted by Crippen LogP contribution is -1.93. The van der Waals surface area contributed by atoms with Crippen molar-refractivity contribution >= 4 is 22.6 Å². The van der Waals surface area contributed by atoms with Crippen LogP contribution in [0.1, 0.15) is 94.8 Å². The molecule has 0 amide bonds. The number of ketones is 1. The lowest BCUT2D eigenvalue weighted by Gasteiger charge is -2.02. The molecule has 0 fully saturated rings. The van der Waals surface area contributed by atoms with Gasteiger partial charge in [-0.15, -0.1) is 11.8 Å². The van der Waals surface area contributed by atoms with Crippen molar-refractivity contribution in [3.8, 4) is 0 Å². The fourth-order valence-electron chi connectivity index (χ4n) is 2.22. The van der Waals surface area contributed by atoms with Gasteiger partial charge in [0, 0.05) is 17.7 Å². The number of carbonyl (C=O) groups excluding carboxylic acids is 1. The molecule has 190 valence electrons. The number of thioether (sulfide) groups is 1. The molecule has 0 unspecified atom stereocenters. The second-order valence-electron chi connectivity index (χ2n) is 8.74. The first-order valence-corrected chi connectivity index (χ1v) is 13.6. The number of benzene rings is 2. The van der Waals surface area contributed by atoms with E-state index < -0.39 is 0 Å². The zero-order valence-electron chi connectivity index (χ0n) is 23.5. The molecule has 0 heterocycles. The van der Waals surface area contributed by atoms with E-state index in [1.165, 1.54) is 30.4 Å². The molecule has 0 bridgehead atoms. The first-order valence-electron chi connectivity index (χ1n) is 12.4. The zero-order valence-corrected chi connectivity index (χ0v) is 24.3. The molecule has 2 nitrogen and oxygen atoms in total. The van der Waals surface area contributed by atoms with Crippen molar-refractivity contribution in [1.29, 1.82) is 0 Å². The lowest BCUT2D eigenvalue weighted by atomic mass is 10.1. The summed E-state index contributed by atoms with van der Waals surface area (Å²) in [5.41, 5.74) is 5.35. The summed E-state index contributed by atoms with van der Waals surface area (Å²) in [7, 11) is 0. The third-order valence-electron chi connectivity index (χ3n) is 4.98. The monoisotopic (exact) mass is 483 g/mol. The topological polar surface area (TPSA) is 29.4 Å². The summed E-state index contributed by atoms with van der Waals surface area (Å²) in [6.45, 7) is 22.6. The molecule has 0 spiro atoms. The van der Waals surface area contributed by atoms with Crippen LogP contribution >= 0.6 is 11.8 Å². The Hall–Kier alpha value is -2.13. The minimum atomic E-state index is 0.137. The maximum atomic E-state index is 10.9. The number of Topliss-reactive ketones (excluding diaryl/α,β-unsaturated/α-hetero) is 1. The van der Waals surface area contributed by atoms with Crippen LogP contribution in [-0.4, -0.2) is 17.1 Å². The number of aryl methyl sites for hydroxylation is 2. The summed E-state index contributed by atoms with van der Waals surface area (Å²) in [4.78, 5) is 15.3. The first kappa shape index (κ1) is 34.0. The molecule has 2 rings (SSSR count). The van der Waals surface area contributed by atoms with Gasteiger partial charge in [0.15, 0.2) is 5.78 Å². The Labute approximate surface area is 215 Å². The molecule has 0 radical (unpaired) electrons. The highest BCUT2D eigenvalue weighted by Crippen LogP contribution is 2.11. The summed E-state index contributed by atoms with van der Waals surface area (Å²) in [6, 6.07) is 16.1. The highest BCUT2D eigenvalue weighted by atomic mass is 32.2. The van der Waals surface area contributed by atoms with Gasteiger partial charge in [-0.3, -0.25) is 9.79 Å². The van der Waals surface area contributed by atoms with Crippen LogP contribution in [0.15, 0.2) is 65.8 Å². The van der Waals surface area contributed by atoms with Gasteiger partial charge in [0.1, 0.15) is 0 Å². The van der Waals surface area contributed by atoms with Crippen LogP contribution in [0, 0.1) is 19.8 Å². The Bertz CT molecular complexity index is 833. The van der Waals surface area contributed by atoms with E-state index in [0.717, 1.165) is 34.2 Å². The molecular weight excluding hydrogens is 434 g/mol. The second kappa shape index (κ2) is 21.4. The van der Waals surface area contributed by atoms with Crippen LogP contribution in [0.5, 0.6) is 0 Å². The van der Waals surface area contributed by atoms with Crippen molar-refractivity contribution < 1.29 is 4.79 Å². The molecule has 2 aromatic rings. The fourth-order valence-corrected chi connectivity index (χ4v) is 2.44. The van der Waals surface area contributed by atoms with E-state index in [1.807, 2.05) is 44.4 Å². The Kier molecular flexibility index (Phi) is 21.4. The van der Waals surface area contributed by atoms with Gasteiger partial charge in [-0.25, -0.2) is 0 Å². The number of hydrogen-bond acceptors (Lipinski definition) is 3. The zero-order chi connectivity index (χ0) is 26.5. The van der Waals surface area contributed by atoms with Crippen molar-refractivity contribution in [2.75, 3.05) is 6.26 Å². The Morgan fingerprint density at radius 1 is 0.941 bits per heavy atom. The van der Waals surface area contributed by atoms with Gasteiger partial charge in [-0.1, -0.05) is 115 Å². The minimum absolute atomic E-state index is 0.137. The van der Waals surface area contributed by atoms with Crippen molar-refractivity contribution in [3.05, 3.63) is 83.1 Å². The smallest absolute Gasteiger partial charge is 0.160 e. The van der Waals surface area contributed by atoms with Gasteiger partial charge >= 0.3 is 0 Å². The van der Waals surface area contributed by atoms with Crippen molar-refractivity contribution in [2.45, 2.75) is 88.0 Å². The van der Waals surface area contributed by atoms with E-state index in [4.69, 9.17) is 0 Å². The van der Waals surface area contributed by atoms with Crippen LogP contribution in [0.25, 0.3) is 0 Å².